The Labute approximate surface area is 227 Å². The Morgan fingerprint density at radius 3 is 2.57 bits per heavy atom. The molecule has 1 atom stereocenters. The standard InChI is InChI=1S/C30H22BrN3O2S/c1-36-25-13-11-21(12-14-25)27-18-26(23-10-9-20-6-2-3-7-22(20)17-23)33-34(27)29-28(37-30(35)32-29)16-19-5-4-8-24(31)15-19/h2-17,27H,18H2,1H3/b28-16-. The predicted octanol–water partition coefficient (Wildman–Crippen LogP) is 8.07. The van der Waals surface area contributed by atoms with Gasteiger partial charge in [0.2, 0.25) is 0 Å². The van der Waals surface area contributed by atoms with Crippen molar-refractivity contribution in [2.24, 2.45) is 10.1 Å². The van der Waals surface area contributed by atoms with Gasteiger partial charge in [-0.3, -0.25) is 4.79 Å². The van der Waals surface area contributed by atoms with Gasteiger partial charge >= 0.3 is 5.24 Å². The first kappa shape index (κ1) is 23.7. The summed E-state index contributed by atoms with van der Waals surface area (Å²) in [4.78, 5) is 17.7. The van der Waals surface area contributed by atoms with Crippen LogP contribution in [0.4, 0.5) is 4.79 Å². The van der Waals surface area contributed by atoms with Crippen molar-refractivity contribution in [3.63, 3.8) is 0 Å². The van der Waals surface area contributed by atoms with Gasteiger partial charge < -0.3 is 4.74 Å². The number of ether oxygens (including phenoxy) is 1. The second-order valence-corrected chi connectivity index (χ2v) is 10.7. The van der Waals surface area contributed by atoms with Crippen LogP contribution in [0.1, 0.15) is 29.2 Å². The number of aliphatic imine (C=N–C) groups is 1. The summed E-state index contributed by atoms with van der Waals surface area (Å²) in [6.07, 6.45) is 2.68. The van der Waals surface area contributed by atoms with Gasteiger partial charge in [-0.2, -0.15) is 10.1 Å². The number of methoxy groups -OCH3 is 1. The Morgan fingerprint density at radius 2 is 1.78 bits per heavy atom. The summed E-state index contributed by atoms with van der Waals surface area (Å²) in [6.45, 7) is 0. The zero-order valence-corrected chi connectivity index (χ0v) is 22.4. The number of hydrogen-bond acceptors (Lipinski definition) is 5. The van der Waals surface area contributed by atoms with Crippen molar-refractivity contribution in [3.05, 3.63) is 117 Å². The van der Waals surface area contributed by atoms with E-state index in [-0.39, 0.29) is 11.3 Å². The molecule has 5 nitrogen and oxygen atoms in total. The Morgan fingerprint density at radius 1 is 0.973 bits per heavy atom. The Bertz CT molecular complexity index is 1610. The lowest BCUT2D eigenvalue weighted by molar-refractivity contribution is 0.267. The molecule has 2 heterocycles. The fourth-order valence-corrected chi connectivity index (χ4v) is 5.81. The van der Waals surface area contributed by atoms with E-state index < -0.39 is 0 Å². The Balaban J connectivity index is 1.43. The minimum absolute atomic E-state index is 0.108. The molecular weight excluding hydrogens is 546 g/mol. The highest BCUT2D eigenvalue weighted by Crippen LogP contribution is 2.40. The van der Waals surface area contributed by atoms with Crippen LogP contribution in [0.15, 0.2) is 110 Å². The third-order valence-electron chi connectivity index (χ3n) is 6.47. The van der Waals surface area contributed by atoms with Crippen LogP contribution in [0.5, 0.6) is 5.75 Å². The number of halogens is 1. The second-order valence-electron chi connectivity index (χ2n) is 8.81. The summed E-state index contributed by atoms with van der Waals surface area (Å²) >= 11 is 4.67. The van der Waals surface area contributed by atoms with E-state index >= 15 is 0 Å². The topological polar surface area (TPSA) is 54.3 Å². The van der Waals surface area contributed by atoms with E-state index in [9.17, 15) is 4.79 Å². The lowest BCUT2D eigenvalue weighted by Gasteiger charge is -2.24. The van der Waals surface area contributed by atoms with Crippen molar-refractivity contribution in [1.82, 2.24) is 5.01 Å². The van der Waals surface area contributed by atoms with Gasteiger partial charge in [-0.1, -0.05) is 76.6 Å². The number of carbonyl (C=O) groups excluding carboxylic acids is 1. The van der Waals surface area contributed by atoms with E-state index in [2.05, 4.69) is 63.4 Å². The normalized spacial score (nSPS) is 18.4. The predicted molar refractivity (Wildman–Crippen MR) is 155 cm³/mol. The highest BCUT2D eigenvalue weighted by molar-refractivity contribution is 9.10. The van der Waals surface area contributed by atoms with Gasteiger partial charge in [0.25, 0.3) is 0 Å². The fraction of sp³-hybridized carbons (Fsp3) is 0.100. The number of hydrazone groups is 1. The number of amidine groups is 1. The average molecular weight is 568 g/mol. The minimum Gasteiger partial charge on any atom is -0.497 e. The largest absolute Gasteiger partial charge is 0.497 e. The Kier molecular flexibility index (Phi) is 6.40. The molecule has 2 aliphatic heterocycles. The van der Waals surface area contributed by atoms with Crippen LogP contribution >= 0.6 is 27.7 Å². The molecule has 0 bridgehead atoms. The molecule has 0 aliphatic carbocycles. The number of benzene rings is 4. The number of hydrogen-bond donors (Lipinski definition) is 0. The maximum absolute atomic E-state index is 12.5. The molecule has 0 saturated heterocycles. The molecule has 0 fully saturated rings. The zero-order valence-electron chi connectivity index (χ0n) is 20.0. The van der Waals surface area contributed by atoms with E-state index in [1.165, 1.54) is 10.8 Å². The number of amides is 1. The van der Waals surface area contributed by atoms with Gasteiger partial charge in [-0.25, -0.2) is 5.01 Å². The van der Waals surface area contributed by atoms with Crippen molar-refractivity contribution >= 4 is 61.3 Å². The third-order valence-corrected chi connectivity index (χ3v) is 7.75. The quantitative estimate of drug-likeness (QED) is 0.250. The molecule has 0 saturated carbocycles. The minimum atomic E-state index is -0.237. The van der Waals surface area contributed by atoms with Crippen LogP contribution in [0.25, 0.3) is 16.8 Å². The molecule has 0 radical (unpaired) electrons. The third kappa shape index (κ3) is 4.84. The fourth-order valence-electron chi connectivity index (χ4n) is 4.64. The first-order chi connectivity index (χ1) is 18.1. The van der Waals surface area contributed by atoms with E-state index in [4.69, 9.17) is 9.84 Å². The summed E-state index contributed by atoms with van der Waals surface area (Å²) < 4.78 is 6.35. The molecule has 4 aromatic rings. The summed E-state index contributed by atoms with van der Waals surface area (Å²) in [5.74, 6) is 1.37. The zero-order chi connectivity index (χ0) is 25.4. The van der Waals surface area contributed by atoms with Gasteiger partial charge in [-0.15, -0.1) is 0 Å². The van der Waals surface area contributed by atoms with Gasteiger partial charge in [0.15, 0.2) is 5.84 Å². The van der Waals surface area contributed by atoms with Crippen LogP contribution in [0.2, 0.25) is 0 Å². The maximum atomic E-state index is 12.5. The number of nitrogens with zero attached hydrogens (tertiary/aromatic N) is 3. The van der Waals surface area contributed by atoms with Gasteiger partial charge in [0, 0.05) is 10.9 Å². The lowest BCUT2D eigenvalue weighted by Crippen LogP contribution is -2.26. The molecule has 6 rings (SSSR count). The molecular formula is C30H22BrN3O2S. The second kappa shape index (κ2) is 10.00. The number of thioether (sulfide) groups is 1. The first-order valence-electron chi connectivity index (χ1n) is 11.9. The number of fused-ring (bicyclic) bond motifs is 1. The van der Waals surface area contributed by atoms with Crippen molar-refractivity contribution in [2.75, 3.05) is 7.11 Å². The summed E-state index contributed by atoms with van der Waals surface area (Å²) in [5, 5.41) is 9.10. The highest BCUT2D eigenvalue weighted by atomic mass is 79.9. The molecule has 0 aromatic heterocycles. The van der Waals surface area contributed by atoms with Crippen LogP contribution in [-0.2, 0) is 0 Å². The van der Waals surface area contributed by atoms with Crippen LogP contribution in [-0.4, -0.2) is 28.9 Å². The van der Waals surface area contributed by atoms with Crippen LogP contribution < -0.4 is 4.74 Å². The number of carbonyl (C=O) groups is 1. The van der Waals surface area contributed by atoms with Crippen LogP contribution in [0, 0.1) is 0 Å². The summed E-state index contributed by atoms with van der Waals surface area (Å²) in [7, 11) is 1.66. The molecule has 1 unspecified atom stereocenters. The molecule has 2 aliphatic rings. The van der Waals surface area contributed by atoms with E-state index in [0.717, 1.165) is 49.3 Å². The summed E-state index contributed by atoms with van der Waals surface area (Å²) in [6, 6.07) is 30.6. The van der Waals surface area contributed by atoms with Gasteiger partial charge in [-0.05, 0) is 75.6 Å². The molecule has 0 spiro atoms. The Hall–Kier alpha value is -3.68. The van der Waals surface area contributed by atoms with E-state index in [1.807, 2.05) is 59.6 Å². The smallest absolute Gasteiger partial charge is 0.311 e. The molecule has 7 heteroatoms. The number of rotatable bonds is 4. The molecule has 182 valence electrons. The van der Waals surface area contributed by atoms with E-state index in [0.29, 0.717) is 12.3 Å². The average Bonchev–Trinajstić information content (AvgIpc) is 3.52. The molecule has 0 N–H and O–H groups in total. The molecule has 4 aromatic carbocycles. The summed E-state index contributed by atoms with van der Waals surface area (Å²) in [5.41, 5.74) is 4.09. The monoisotopic (exact) mass is 567 g/mol. The molecule has 1 amide bonds. The SMILES string of the molecule is COc1ccc(C2CC(c3ccc4ccccc4c3)=NN2C2=NC(=O)S/C2=C\c2cccc(Br)c2)cc1. The van der Waals surface area contributed by atoms with Crippen molar-refractivity contribution in [2.45, 2.75) is 12.5 Å². The van der Waals surface area contributed by atoms with Gasteiger partial charge in [0.05, 0.1) is 23.8 Å². The van der Waals surface area contributed by atoms with Crippen molar-refractivity contribution in [1.29, 1.82) is 0 Å². The highest BCUT2D eigenvalue weighted by Gasteiger charge is 2.37. The maximum Gasteiger partial charge on any atom is 0.311 e. The van der Waals surface area contributed by atoms with Gasteiger partial charge in [0.1, 0.15) is 5.75 Å². The van der Waals surface area contributed by atoms with Crippen molar-refractivity contribution in [3.8, 4) is 5.75 Å². The lowest BCUT2D eigenvalue weighted by atomic mass is 9.97. The first-order valence-corrected chi connectivity index (χ1v) is 13.5. The van der Waals surface area contributed by atoms with Crippen molar-refractivity contribution < 1.29 is 9.53 Å². The molecule has 37 heavy (non-hydrogen) atoms. The van der Waals surface area contributed by atoms with E-state index in [1.54, 1.807) is 7.11 Å². The van der Waals surface area contributed by atoms with Crippen LogP contribution in [0.3, 0.4) is 0 Å².